The first kappa shape index (κ1) is 15.4. The van der Waals surface area contributed by atoms with Crippen molar-refractivity contribution >= 4 is 11.7 Å². The van der Waals surface area contributed by atoms with Crippen LogP contribution in [0.4, 0.5) is 5.82 Å². The Hall–Kier alpha value is -1.62. The van der Waals surface area contributed by atoms with Gasteiger partial charge in [0.25, 0.3) is 5.91 Å². The zero-order valence-electron chi connectivity index (χ0n) is 12.1. The third-order valence-electron chi connectivity index (χ3n) is 2.34. The summed E-state index contributed by atoms with van der Waals surface area (Å²) in [4.78, 5) is 16.2. The molecule has 5 nitrogen and oxygen atoms in total. The second-order valence-electron chi connectivity index (χ2n) is 5.41. The molecule has 0 saturated carbocycles. The third-order valence-corrected chi connectivity index (χ3v) is 2.34. The van der Waals surface area contributed by atoms with Crippen LogP contribution in [0.5, 0.6) is 0 Å². The van der Waals surface area contributed by atoms with Crippen molar-refractivity contribution in [1.82, 2.24) is 10.3 Å². The van der Waals surface area contributed by atoms with E-state index in [1.165, 1.54) is 0 Å². The maximum absolute atomic E-state index is 12.0. The molecule has 1 rings (SSSR count). The predicted molar refractivity (Wildman–Crippen MR) is 76.4 cm³/mol. The molecular weight excluding hydrogens is 242 g/mol. The lowest BCUT2D eigenvalue weighted by molar-refractivity contribution is 0.0919. The number of nitrogens with zero attached hydrogens (tertiary/aromatic N) is 1. The maximum atomic E-state index is 12.0. The number of methoxy groups -OCH3 is 1. The summed E-state index contributed by atoms with van der Waals surface area (Å²) in [7, 11) is 1.68. The molecule has 1 heterocycles. The molecule has 1 aromatic rings. The van der Waals surface area contributed by atoms with Crippen LogP contribution in [0.3, 0.4) is 0 Å². The van der Waals surface area contributed by atoms with Gasteiger partial charge in [0.2, 0.25) is 0 Å². The summed E-state index contributed by atoms with van der Waals surface area (Å²) in [5.74, 6) is 0.618. The fourth-order valence-corrected chi connectivity index (χ4v) is 1.51. The molecule has 0 atom stereocenters. The molecule has 1 aromatic heterocycles. The zero-order valence-corrected chi connectivity index (χ0v) is 12.1. The van der Waals surface area contributed by atoms with Crippen LogP contribution >= 0.6 is 0 Å². The third kappa shape index (κ3) is 6.20. The molecule has 0 bridgehead atoms. The number of ether oxygens (including phenoxy) is 1. The largest absolute Gasteiger partial charge is 0.385 e. The molecule has 1 amide bonds. The molecule has 0 unspecified atom stereocenters. The molecule has 0 fully saturated rings. The molecule has 0 aliphatic rings. The number of aromatic nitrogens is 1. The molecule has 0 radical (unpaired) electrons. The molecule has 19 heavy (non-hydrogen) atoms. The van der Waals surface area contributed by atoms with Crippen LogP contribution < -0.4 is 10.6 Å². The second-order valence-corrected chi connectivity index (χ2v) is 5.41. The maximum Gasteiger partial charge on any atom is 0.251 e. The Bertz CT molecular complexity index is 413. The van der Waals surface area contributed by atoms with Gasteiger partial charge in [-0.05, 0) is 39.3 Å². The Labute approximate surface area is 114 Å². The first-order valence-electron chi connectivity index (χ1n) is 6.44. The lowest BCUT2D eigenvalue weighted by atomic mass is 10.1. The highest BCUT2D eigenvalue weighted by Gasteiger charge is 2.15. The highest BCUT2D eigenvalue weighted by Crippen LogP contribution is 2.09. The topological polar surface area (TPSA) is 63.2 Å². The van der Waals surface area contributed by atoms with Gasteiger partial charge in [-0.25, -0.2) is 4.98 Å². The van der Waals surface area contributed by atoms with E-state index >= 15 is 0 Å². The van der Waals surface area contributed by atoms with Crippen molar-refractivity contribution in [1.29, 1.82) is 0 Å². The molecular formula is C14H23N3O2. The van der Waals surface area contributed by atoms with E-state index in [9.17, 15) is 4.79 Å². The molecule has 0 aromatic carbocycles. The van der Waals surface area contributed by atoms with Crippen molar-refractivity contribution in [3.63, 3.8) is 0 Å². The lowest BCUT2D eigenvalue weighted by Crippen LogP contribution is -2.40. The summed E-state index contributed by atoms with van der Waals surface area (Å²) in [6.45, 7) is 7.34. The number of nitrogens with one attached hydrogen (secondary N) is 2. The zero-order chi connectivity index (χ0) is 14.3. The van der Waals surface area contributed by atoms with Gasteiger partial charge in [0.05, 0.1) is 0 Å². The highest BCUT2D eigenvalue weighted by atomic mass is 16.5. The van der Waals surface area contributed by atoms with Gasteiger partial charge in [0, 0.05) is 37.6 Å². The molecule has 5 heteroatoms. The lowest BCUT2D eigenvalue weighted by Gasteiger charge is -2.20. The van der Waals surface area contributed by atoms with Gasteiger partial charge in [-0.15, -0.1) is 0 Å². The number of hydrogen-bond donors (Lipinski definition) is 2. The van der Waals surface area contributed by atoms with Crippen LogP contribution in [0, 0.1) is 0 Å². The highest BCUT2D eigenvalue weighted by molar-refractivity contribution is 5.95. The monoisotopic (exact) mass is 265 g/mol. The smallest absolute Gasteiger partial charge is 0.251 e. The van der Waals surface area contributed by atoms with Gasteiger partial charge in [-0.2, -0.15) is 0 Å². The molecule has 0 aliphatic carbocycles. The fourth-order valence-electron chi connectivity index (χ4n) is 1.51. The number of carbonyl (C=O) groups is 1. The summed E-state index contributed by atoms with van der Waals surface area (Å²) in [6.07, 6.45) is 2.53. The van der Waals surface area contributed by atoms with E-state index in [1.807, 2.05) is 20.8 Å². The van der Waals surface area contributed by atoms with Crippen LogP contribution in [-0.4, -0.2) is 36.7 Å². The summed E-state index contributed by atoms with van der Waals surface area (Å²) >= 11 is 0. The normalized spacial score (nSPS) is 11.2. The van der Waals surface area contributed by atoms with E-state index in [0.29, 0.717) is 18.0 Å². The molecule has 106 valence electrons. The van der Waals surface area contributed by atoms with E-state index in [2.05, 4.69) is 15.6 Å². The van der Waals surface area contributed by atoms with Crippen LogP contribution in [0.1, 0.15) is 37.6 Å². The van der Waals surface area contributed by atoms with Crippen molar-refractivity contribution in [2.45, 2.75) is 32.7 Å². The Balaban J connectivity index is 2.58. The predicted octanol–water partition coefficient (Wildman–Crippen LogP) is 2.06. The van der Waals surface area contributed by atoms with Crippen molar-refractivity contribution in [2.75, 3.05) is 25.6 Å². The number of pyridine rings is 1. The van der Waals surface area contributed by atoms with E-state index in [0.717, 1.165) is 13.0 Å². The van der Waals surface area contributed by atoms with Gasteiger partial charge >= 0.3 is 0 Å². The van der Waals surface area contributed by atoms with E-state index in [-0.39, 0.29) is 11.4 Å². The first-order valence-corrected chi connectivity index (χ1v) is 6.44. The van der Waals surface area contributed by atoms with Crippen LogP contribution in [0.15, 0.2) is 18.3 Å². The summed E-state index contributed by atoms with van der Waals surface area (Å²) in [5, 5.41) is 6.09. The molecule has 0 spiro atoms. The van der Waals surface area contributed by atoms with Crippen molar-refractivity contribution < 1.29 is 9.53 Å². The van der Waals surface area contributed by atoms with Gasteiger partial charge < -0.3 is 15.4 Å². The van der Waals surface area contributed by atoms with E-state index in [4.69, 9.17) is 4.74 Å². The molecule has 2 N–H and O–H groups in total. The first-order chi connectivity index (χ1) is 8.92. The molecule has 0 saturated heterocycles. The number of carbonyl (C=O) groups excluding carboxylic acids is 1. The average molecular weight is 265 g/mol. The van der Waals surface area contributed by atoms with Crippen molar-refractivity contribution in [3.8, 4) is 0 Å². The van der Waals surface area contributed by atoms with Gasteiger partial charge in [0.15, 0.2) is 0 Å². The van der Waals surface area contributed by atoms with Crippen LogP contribution in [0.25, 0.3) is 0 Å². The number of amides is 1. The Morgan fingerprint density at radius 1 is 1.42 bits per heavy atom. The number of hydrogen-bond acceptors (Lipinski definition) is 4. The number of rotatable bonds is 6. The summed E-state index contributed by atoms with van der Waals surface area (Å²) in [6, 6.07) is 3.47. The number of anilines is 1. The average Bonchev–Trinajstić information content (AvgIpc) is 2.33. The van der Waals surface area contributed by atoms with Gasteiger partial charge in [-0.3, -0.25) is 4.79 Å². The van der Waals surface area contributed by atoms with Crippen LogP contribution in [-0.2, 0) is 4.74 Å². The Morgan fingerprint density at radius 3 is 2.79 bits per heavy atom. The minimum absolute atomic E-state index is 0.0881. The van der Waals surface area contributed by atoms with E-state index < -0.39 is 0 Å². The van der Waals surface area contributed by atoms with Crippen LogP contribution in [0.2, 0.25) is 0 Å². The van der Waals surface area contributed by atoms with E-state index in [1.54, 1.807) is 25.4 Å². The fraction of sp³-hybridized carbons (Fsp3) is 0.571. The standard InChI is InChI=1S/C14H23N3O2/c1-14(2,3)17-13(18)11-6-8-16-12(10-11)15-7-5-9-19-4/h6,8,10H,5,7,9H2,1-4H3,(H,15,16)(H,17,18). The SMILES string of the molecule is COCCCNc1cc(C(=O)NC(C)(C)C)ccn1. The summed E-state index contributed by atoms with van der Waals surface area (Å²) < 4.78 is 4.97. The van der Waals surface area contributed by atoms with Gasteiger partial charge in [0.1, 0.15) is 5.82 Å². The van der Waals surface area contributed by atoms with Crippen molar-refractivity contribution in [3.05, 3.63) is 23.9 Å². The Morgan fingerprint density at radius 2 is 2.16 bits per heavy atom. The van der Waals surface area contributed by atoms with Gasteiger partial charge in [-0.1, -0.05) is 0 Å². The Kier molecular flexibility index (Phi) is 5.76. The second kappa shape index (κ2) is 7.09. The minimum Gasteiger partial charge on any atom is -0.385 e. The minimum atomic E-state index is -0.244. The van der Waals surface area contributed by atoms with Crippen molar-refractivity contribution in [2.24, 2.45) is 0 Å². The quantitative estimate of drug-likeness (QED) is 0.773. The summed E-state index contributed by atoms with van der Waals surface area (Å²) in [5.41, 5.74) is 0.367. The molecule has 0 aliphatic heterocycles.